The third-order valence-electron chi connectivity index (χ3n) is 5.12. The highest BCUT2D eigenvalue weighted by Gasteiger charge is 2.65. The van der Waals surface area contributed by atoms with Gasteiger partial charge in [0.25, 0.3) is 0 Å². The minimum atomic E-state index is 0.651. The summed E-state index contributed by atoms with van der Waals surface area (Å²) in [6.45, 7) is 0. The summed E-state index contributed by atoms with van der Waals surface area (Å²) in [7, 11) is 0. The molecule has 0 aromatic carbocycles. The van der Waals surface area contributed by atoms with Crippen molar-refractivity contribution in [3.63, 3.8) is 0 Å². The van der Waals surface area contributed by atoms with Crippen LogP contribution < -0.4 is 5.32 Å². The van der Waals surface area contributed by atoms with Crippen LogP contribution in [0, 0.1) is 23.7 Å². The first-order valence-electron chi connectivity index (χ1n) is 6.72. The Morgan fingerprint density at radius 1 is 1.17 bits per heavy atom. The van der Waals surface area contributed by atoms with Gasteiger partial charge in [0.1, 0.15) is 5.82 Å². The average Bonchev–Trinajstić information content (AvgIpc) is 2.83. The molecule has 3 fully saturated rings. The average molecular weight is 242 g/mol. The van der Waals surface area contributed by atoms with Gasteiger partial charge in [-0.3, -0.25) is 0 Å². The Balaban J connectivity index is 1.41. The second-order valence-corrected chi connectivity index (χ2v) is 5.90. The molecule has 3 aliphatic rings. The molecule has 3 saturated carbocycles. The maximum absolute atomic E-state index is 4.38. The molecule has 2 heterocycles. The van der Waals surface area contributed by atoms with Gasteiger partial charge in [-0.05, 0) is 65.5 Å². The van der Waals surface area contributed by atoms with Crippen LogP contribution in [0.5, 0.6) is 0 Å². The van der Waals surface area contributed by atoms with E-state index in [0.717, 1.165) is 29.5 Å². The molecular formula is C12H14N6. The smallest absolute Gasteiger partial charge is 0.200 e. The molecule has 5 rings (SSSR count). The van der Waals surface area contributed by atoms with Crippen LogP contribution in [0.4, 0.5) is 5.82 Å². The predicted octanol–water partition coefficient (Wildman–Crippen LogP) is 0.976. The normalized spacial score (nSPS) is 40.1. The van der Waals surface area contributed by atoms with E-state index in [-0.39, 0.29) is 0 Å². The summed E-state index contributed by atoms with van der Waals surface area (Å²) in [6, 6.07) is 4.53. The standard InChI is InChI=1S/C12H14N6/c1-2-7-5-6(1)10-11(7)12(10)13-8-3-4-9-14-16-17-18(9)15-8/h3-4,6-7,10-12H,1-2,5H2,(H,13,15). The van der Waals surface area contributed by atoms with E-state index in [1.807, 2.05) is 12.1 Å². The Hall–Kier alpha value is -1.72. The van der Waals surface area contributed by atoms with E-state index in [1.54, 1.807) is 0 Å². The van der Waals surface area contributed by atoms with Gasteiger partial charge in [0.2, 0.25) is 0 Å². The zero-order valence-electron chi connectivity index (χ0n) is 9.90. The van der Waals surface area contributed by atoms with Crippen molar-refractivity contribution in [2.45, 2.75) is 25.3 Å². The summed E-state index contributed by atoms with van der Waals surface area (Å²) in [5.41, 5.74) is 0.691. The summed E-state index contributed by atoms with van der Waals surface area (Å²) in [6.07, 6.45) is 4.37. The number of tetrazole rings is 1. The highest BCUT2D eigenvalue weighted by Crippen LogP contribution is 2.66. The lowest BCUT2D eigenvalue weighted by molar-refractivity contribution is 0.456. The minimum Gasteiger partial charge on any atom is -0.365 e. The van der Waals surface area contributed by atoms with E-state index in [4.69, 9.17) is 0 Å². The van der Waals surface area contributed by atoms with Crippen molar-refractivity contribution >= 4 is 11.5 Å². The summed E-state index contributed by atoms with van der Waals surface area (Å²) in [5.74, 6) is 4.68. The Morgan fingerprint density at radius 3 is 2.83 bits per heavy atom. The van der Waals surface area contributed by atoms with Gasteiger partial charge in [0.05, 0.1) is 0 Å². The van der Waals surface area contributed by atoms with Crippen molar-refractivity contribution in [3.05, 3.63) is 12.1 Å². The van der Waals surface area contributed by atoms with Crippen molar-refractivity contribution < 1.29 is 0 Å². The molecule has 0 radical (unpaired) electrons. The molecule has 0 saturated heterocycles. The SMILES string of the molecule is c1cc2nnnn2nc1NC1C2C3CCC(C3)C12. The number of hydrogen-bond acceptors (Lipinski definition) is 5. The third-order valence-corrected chi connectivity index (χ3v) is 5.12. The Bertz CT molecular complexity index is 606. The fourth-order valence-electron chi connectivity index (χ4n) is 4.42. The second-order valence-electron chi connectivity index (χ2n) is 5.90. The monoisotopic (exact) mass is 242 g/mol. The quantitative estimate of drug-likeness (QED) is 0.850. The Labute approximate surface area is 104 Å². The van der Waals surface area contributed by atoms with Crippen LogP contribution in [-0.4, -0.2) is 31.3 Å². The van der Waals surface area contributed by atoms with Gasteiger partial charge < -0.3 is 5.32 Å². The van der Waals surface area contributed by atoms with Crippen molar-refractivity contribution in [3.8, 4) is 0 Å². The molecule has 18 heavy (non-hydrogen) atoms. The molecule has 2 aromatic heterocycles. The van der Waals surface area contributed by atoms with Gasteiger partial charge in [0, 0.05) is 6.04 Å². The van der Waals surface area contributed by atoms with Crippen molar-refractivity contribution in [2.75, 3.05) is 5.32 Å². The zero-order chi connectivity index (χ0) is 11.7. The van der Waals surface area contributed by atoms with Crippen LogP contribution in [0.2, 0.25) is 0 Å². The first-order valence-corrected chi connectivity index (χ1v) is 6.72. The molecule has 0 aliphatic heterocycles. The molecule has 92 valence electrons. The number of hydrogen-bond donors (Lipinski definition) is 1. The van der Waals surface area contributed by atoms with E-state index < -0.39 is 0 Å². The number of nitrogens with zero attached hydrogens (tertiary/aromatic N) is 5. The summed E-state index contributed by atoms with van der Waals surface area (Å²) in [4.78, 5) is 0. The van der Waals surface area contributed by atoms with Gasteiger partial charge in [-0.2, -0.15) is 0 Å². The van der Waals surface area contributed by atoms with Crippen LogP contribution in [0.1, 0.15) is 19.3 Å². The first kappa shape index (κ1) is 9.24. The van der Waals surface area contributed by atoms with Gasteiger partial charge in [-0.25, -0.2) is 0 Å². The highest BCUT2D eigenvalue weighted by molar-refractivity contribution is 5.45. The maximum Gasteiger partial charge on any atom is 0.200 e. The van der Waals surface area contributed by atoms with E-state index in [1.165, 1.54) is 23.9 Å². The van der Waals surface area contributed by atoms with Crippen LogP contribution in [-0.2, 0) is 0 Å². The molecule has 3 aliphatic carbocycles. The first-order chi connectivity index (χ1) is 8.90. The molecule has 4 atom stereocenters. The molecule has 4 unspecified atom stereocenters. The van der Waals surface area contributed by atoms with Crippen LogP contribution in [0.3, 0.4) is 0 Å². The lowest BCUT2D eigenvalue weighted by atomic mass is 10.0. The van der Waals surface area contributed by atoms with Gasteiger partial charge in [0.15, 0.2) is 5.65 Å². The van der Waals surface area contributed by atoms with E-state index in [2.05, 4.69) is 25.9 Å². The molecule has 2 aromatic rings. The van der Waals surface area contributed by atoms with Crippen molar-refractivity contribution in [2.24, 2.45) is 23.7 Å². The molecule has 1 N–H and O–H groups in total. The van der Waals surface area contributed by atoms with Crippen LogP contribution in [0.25, 0.3) is 5.65 Å². The molecule has 6 heteroatoms. The lowest BCUT2D eigenvalue weighted by Gasteiger charge is -2.10. The fraction of sp³-hybridized carbons (Fsp3) is 0.667. The summed E-state index contributed by atoms with van der Waals surface area (Å²) in [5, 5.41) is 19.2. The fourth-order valence-corrected chi connectivity index (χ4v) is 4.42. The number of anilines is 1. The molecule has 0 amide bonds. The molecule has 6 nitrogen and oxygen atoms in total. The van der Waals surface area contributed by atoms with Gasteiger partial charge in [-0.1, -0.05) is 0 Å². The highest BCUT2D eigenvalue weighted by atomic mass is 15.6. The number of nitrogens with one attached hydrogen (secondary N) is 1. The number of rotatable bonds is 2. The van der Waals surface area contributed by atoms with Crippen molar-refractivity contribution in [1.29, 1.82) is 0 Å². The largest absolute Gasteiger partial charge is 0.365 e. The molecular weight excluding hydrogens is 228 g/mol. The van der Waals surface area contributed by atoms with Crippen LogP contribution >= 0.6 is 0 Å². The molecule has 0 spiro atoms. The summed E-state index contributed by atoms with van der Waals surface area (Å²) < 4.78 is 1.48. The lowest BCUT2D eigenvalue weighted by Crippen LogP contribution is -2.14. The van der Waals surface area contributed by atoms with E-state index >= 15 is 0 Å². The summed E-state index contributed by atoms with van der Waals surface area (Å²) >= 11 is 0. The van der Waals surface area contributed by atoms with Gasteiger partial charge in [-0.15, -0.1) is 14.8 Å². The van der Waals surface area contributed by atoms with Crippen LogP contribution in [0.15, 0.2) is 12.1 Å². The topological polar surface area (TPSA) is 68.0 Å². The van der Waals surface area contributed by atoms with Crippen molar-refractivity contribution in [1.82, 2.24) is 25.3 Å². The molecule has 2 bridgehead atoms. The van der Waals surface area contributed by atoms with E-state index in [9.17, 15) is 0 Å². The van der Waals surface area contributed by atoms with Gasteiger partial charge >= 0.3 is 0 Å². The Morgan fingerprint density at radius 2 is 2.00 bits per heavy atom. The third kappa shape index (κ3) is 1.08. The van der Waals surface area contributed by atoms with E-state index in [0.29, 0.717) is 11.7 Å². The number of aromatic nitrogens is 5. The Kier molecular flexibility index (Phi) is 1.54. The maximum atomic E-state index is 4.38. The minimum absolute atomic E-state index is 0.651. The predicted molar refractivity (Wildman–Crippen MR) is 63.8 cm³/mol. The second kappa shape index (κ2) is 2.99. The zero-order valence-corrected chi connectivity index (χ0v) is 9.90. The number of fused-ring (bicyclic) bond motifs is 6.